The molecule has 10 heteroatoms. The number of methoxy groups -OCH3 is 4. The Morgan fingerprint density at radius 2 is 1.46 bits per heavy atom. The third-order valence-corrected chi connectivity index (χ3v) is 3.79. The lowest BCUT2D eigenvalue weighted by Crippen LogP contribution is -2.53. The lowest BCUT2D eigenvalue weighted by atomic mass is 9.71. The summed E-state index contributed by atoms with van der Waals surface area (Å²) in [6.07, 6.45) is -0.563. The monoisotopic (exact) mass is 368 g/mol. The van der Waals surface area contributed by atoms with E-state index in [9.17, 15) is 19.2 Å². The van der Waals surface area contributed by atoms with Crippen LogP contribution in [0.15, 0.2) is 18.2 Å². The predicted molar refractivity (Wildman–Crippen MR) is 86.5 cm³/mol. The standard InChI is InChI=1S/C16H20N2O8/c1-23-12(19)8-9(10-6-5-7-11(17)18-10)16(13(20)24-2,14(21)25-3)15(22)26-4/h5-7,9H,8H2,1-4H3,(H2,17,18). The zero-order chi connectivity index (χ0) is 19.9. The maximum atomic E-state index is 12.6. The smallest absolute Gasteiger partial charge is 0.335 e. The van der Waals surface area contributed by atoms with Crippen molar-refractivity contribution in [1.29, 1.82) is 0 Å². The molecule has 0 aliphatic carbocycles. The highest BCUT2D eigenvalue weighted by Gasteiger charge is 2.63. The molecule has 26 heavy (non-hydrogen) atoms. The Morgan fingerprint density at radius 3 is 1.85 bits per heavy atom. The largest absolute Gasteiger partial charge is 0.469 e. The highest BCUT2D eigenvalue weighted by molar-refractivity contribution is 6.19. The quantitative estimate of drug-likeness (QED) is 0.391. The number of hydrogen-bond donors (Lipinski definition) is 1. The van der Waals surface area contributed by atoms with Crippen LogP contribution in [0.25, 0.3) is 0 Å². The Morgan fingerprint density at radius 1 is 0.962 bits per heavy atom. The molecule has 0 aromatic carbocycles. The van der Waals surface area contributed by atoms with Crippen molar-refractivity contribution in [2.45, 2.75) is 12.3 Å². The molecule has 1 rings (SSSR count). The molecular formula is C16H20N2O8. The van der Waals surface area contributed by atoms with Gasteiger partial charge in [0.15, 0.2) is 0 Å². The number of aromatic nitrogens is 1. The lowest BCUT2D eigenvalue weighted by molar-refractivity contribution is -0.183. The summed E-state index contributed by atoms with van der Waals surface area (Å²) in [7, 11) is 4.04. The van der Waals surface area contributed by atoms with E-state index in [0.29, 0.717) is 0 Å². The first-order chi connectivity index (χ1) is 12.3. The van der Waals surface area contributed by atoms with Gasteiger partial charge in [-0.2, -0.15) is 0 Å². The van der Waals surface area contributed by atoms with Gasteiger partial charge in [0.1, 0.15) is 5.82 Å². The summed E-state index contributed by atoms with van der Waals surface area (Å²) in [6, 6.07) is 4.33. The number of rotatable bonds is 7. The van der Waals surface area contributed by atoms with E-state index in [-0.39, 0.29) is 11.5 Å². The van der Waals surface area contributed by atoms with E-state index in [4.69, 9.17) is 5.73 Å². The van der Waals surface area contributed by atoms with E-state index in [1.165, 1.54) is 18.2 Å². The second-order valence-corrected chi connectivity index (χ2v) is 5.10. The van der Waals surface area contributed by atoms with Gasteiger partial charge in [0.25, 0.3) is 5.41 Å². The summed E-state index contributed by atoms with van der Waals surface area (Å²) in [6.45, 7) is 0. The van der Waals surface area contributed by atoms with Crippen LogP contribution in [0.2, 0.25) is 0 Å². The molecule has 0 amide bonds. The fourth-order valence-corrected chi connectivity index (χ4v) is 2.55. The topological polar surface area (TPSA) is 144 Å². The Balaban J connectivity index is 3.79. The molecule has 0 saturated carbocycles. The normalized spacial score (nSPS) is 11.8. The van der Waals surface area contributed by atoms with Gasteiger partial charge in [-0.15, -0.1) is 0 Å². The van der Waals surface area contributed by atoms with E-state index < -0.39 is 41.6 Å². The molecule has 0 aliphatic heterocycles. The first-order valence-corrected chi connectivity index (χ1v) is 7.34. The van der Waals surface area contributed by atoms with Crippen molar-refractivity contribution in [2.75, 3.05) is 34.2 Å². The molecule has 0 saturated heterocycles. The number of pyridine rings is 1. The number of carbonyl (C=O) groups excluding carboxylic acids is 4. The van der Waals surface area contributed by atoms with E-state index in [1.54, 1.807) is 0 Å². The molecule has 0 bridgehead atoms. The SMILES string of the molecule is COC(=O)CC(c1cccc(N)n1)C(C(=O)OC)(C(=O)OC)C(=O)OC. The number of nitrogens with zero attached hydrogens (tertiary/aromatic N) is 1. The van der Waals surface area contributed by atoms with Crippen molar-refractivity contribution >= 4 is 29.7 Å². The maximum Gasteiger partial charge on any atom is 0.335 e. The maximum absolute atomic E-state index is 12.6. The summed E-state index contributed by atoms with van der Waals surface area (Å²) in [5.74, 6) is -6.00. The van der Waals surface area contributed by atoms with Gasteiger partial charge >= 0.3 is 23.9 Å². The molecule has 142 valence electrons. The minimum atomic E-state index is -2.63. The van der Waals surface area contributed by atoms with E-state index in [1.807, 2.05) is 0 Å². The van der Waals surface area contributed by atoms with Crippen LogP contribution in [0.5, 0.6) is 0 Å². The van der Waals surface area contributed by atoms with Crippen molar-refractivity contribution in [3.05, 3.63) is 23.9 Å². The summed E-state index contributed by atoms with van der Waals surface area (Å²) < 4.78 is 18.6. The Hall–Kier alpha value is -3.17. The van der Waals surface area contributed by atoms with E-state index in [0.717, 1.165) is 28.4 Å². The van der Waals surface area contributed by atoms with Crippen molar-refractivity contribution in [3.63, 3.8) is 0 Å². The first kappa shape index (κ1) is 20.9. The van der Waals surface area contributed by atoms with Gasteiger partial charge in [-0.3, -0.25) is 19.2 Å². The molecule has 0 fully saturated rings. The first-order valence-electron chi connectivity index (χ1n) is 7.34. The molecule has 10 nitrogen and oxygen atoms in total. The molecule has 0 aliphatic rings. The molecule has 0 spiro atoms. The zero-order valence-corrected chi connectivity index (χ0v) is 14.8. The zero-order valence-electron chi connectivity index (χ0n) is 14.8. The van der Waals surface area contributed by atoms with Crippen LogP contribution in [0.1, 0.15) is 18.0 Å². The Labute approximate surface area is 149 Å². The molecule has 1 atom stereocenters. The third kappa shape index (κ3) is 3.73. The third-order valence-electron chi connectivity index (χ3n) is 3.79. The number of ether oxygens (including phenoxy) is 4. The summed E-state index contributed by atoms with van der Waals surface area (Å²) >= 11 is 0. The second kappa shape index (κ2) is 8.79. The van der Waals surface area contributed by atoms with Gasteiger partial charge in [-0.1, -0.05) is 6.07 Å². The predicted octanol–water partition coefficient (Wildman–Crippen LogP) is -0.184. The van der Waals surface area contributed by atoms with Crippen LogP contribution in [-0.2, 0) is 38.1 Å². The molecule has 1 unspecified atom stereocenters. The minimum absolute atomic E-state index is 0.0107. The Kier molecular flexibility index (Phi) is 7.06. The number of carbonyl (C=O) groups is 4. The highest BCUT2D eigenvalue weighted by atomic mass is 16.6. The van der Waals surface area contributed by atoms with Gasteiger partial charge in [0.05, 0.1) is 34.9 Å². The minimum Gasteiger partial charge on any atom is -0.469 e. The van der Waals surface area contributed by atoms with Gasteiger partial charge in [0, 0.05) is 11.6 Å². The van der Waals surface area contributed by atoms with Gasteiger partial charge in [0.2, 0.25) is 0 Å². The van der Waals surface area contributed by atoms with Crippen LogP contribution < -0.4 is 5.73 Å². The van der Waals surface area contributed by atoms with Crippen LogP contribution in [0, 0.1) is 5.41 Å². The average Bonchev–Trinajstić information content (AvgIpc) is 2.66. The van der Waals surface area contributed by atoms with Crippen LogP contribution in [0.3, 0.4) is 0 Å². The molecule has 0 radical (unpaired) electrons. The second-order valence-electron chi connectivity index (χ2n) is 5.10. The molecule has 1 aromatic rings. The molecule has 2 N–H and O–H groups in total. The lowest BCUT2D eigenvalue weighted by Gasteiger charge is -2.32. The number of hydrogen-bond acceptors (Lipinski definition) is 10. The van der Waals surface area contributed by atoms with Crippen molar-refractivity contribution < 1.29 is 38.1 Å². The Bertz CT molecular complexity index is 662. The van der Waals surface area contributed by atoms with Crippen LogP contribution in [-0.4, -0.2) is 57.3 Å². The fourth-order valence-electron chi connectivity index (χ4n) is 2.55. The van der Waals surface area contributed by atoms with Gasteiger partial charge < -0.3 is 24.7 Å². The molecular weight excluding hydrogens is 348 g/mol. The van der Waals surface area contributed by atoms with E-state index >= 15 is 0 Å². The number of anilines is 1. The summed E-state index contributed by atoms with van der Waals surface area (Å²) in [4.78, 5) is 53.7. The summed E-state index contributed by atoms with van der Waals surface area (Å²) in [5.41, 5.74) is 3.03. The van der Waals surface area contributed by atoms with Crippen molar-refractivity contribution in [3.8, 4) is 0 Å². The van der Waals surface area contributed by atoms with Gasteiger partial charge in [-0.05, 0) is 12.1 Å². The molecule has 1 aromatic heterocycles. The number of nitrogens with two attached hydrogens (primary N) is 1. The van der Waals surface area contributed by atoms with Crippen LogP contribution in [0.4, 0.5) is 5.82 Å². The van der Waals surface area contributed by atoms with E-state index in [2.05, 4.69) is 23.9 Å². The molecule has 1 heterocycles. The fraction of sp³-hybridized carbons (Fsp3) is 0.438. The van der Waals surface area contributed by atoms with Gasteiger partial charge in [-0.25, -0.2) is 4.98 Å². The number of nitrogen functional groups attached to an aromatic ring is 1. The van der Waals surface area contributed by atoms with Crippen molar-refractivity contribution in [2.24, 2.45) is 5.41 Å². The average molecular weight is 368 g/mol. The number of esters is 4. The highest BCUT2D eigenvalue weighted by Crippen LogP contribution is 2.42. The van der Waals surface area contributed by atoms with Crippen molar-refractivity contribution in [1.82, 2.24) is 4.98 Å². The summed E-state index contributed by atoms with van der Waals surface area (Å²) in [5, 5.41) is 0. The van der Waals surface area contributed by atoms with Crippen LogP contribution >= 0.6 is 0 Å².